The zero-order valence-corrected chi connectivity index (χ0v) is 8.73. The fourth-order valence-electron chi connectivity index (χ4n) is 1.16. The highest BCUT2D eigenvalue weighted by molar-refractivity contribution is 6.30. The minimum atomic E-state index is 0.344. The molecule has 0 bridgehead atoms. The lowest BCUT2D eigenvalue weighted by atomic mass is 10.4. The van der Waals surface area contributed by atoms with E-state index in [1.165, 1.54) is 6.20 Å². The van der Waals surface area contributed by atoms with Gasteiger partial charge in [0, 0.05) is 11.8 Å². The van der Waals surface area contributed by atoms with Crippen molar-refractivity contribution in [3.05, 3.63) is 29.2 Å². The first-order valence-electron chi connectivity index (χ1n) is 4.22. The van der Waals surface area contributed by atoms with Gasteiger partial charge in [0.15, 0.2) is 5.82 Å². The second-order valence-electron chi connectivity index (χ2n) is 2.94. The third-order valence-corrected chi connectivity index (χ3v) is 1.95. The lowest BCUT2D eigenvalue weighted by Crippen LogP contribution is -2.12. The summed E-state index contributed by atoms with van der Waals surface area (Å²) in [6.07, 6.45) is 3.19. The summed E-state index contributed by atoms with van der Waals surface area (Å²) in [5.74, 6) is 6.20. The molecule has 0 amide bonds. The fourth-order valence-corrected chi connectivity index (χ4v) is 1.30. The molecule has 0 unspecified atom stereocenters. The standard InChI is InChI=1S/C8H9ClN6/c1-5-2-7(13-8(12-5)14-10)15-4-6(9)3-11-15/h2-4H,10H2,1H3,(H,12,13,14). The Kier molecular flexibility index (Phi) is 2.53. The first kappa shape index (κ1) is 9.88. The van der Waals surface area contributed by atoms with Gasteiger partial charge in [0.1, 0.15) is 0 Å². The molecular formula is C8H9ClN6. The molecule has 0 aliphatic rings. The summed E-state index contributed by atoms with van der Waals surface area (Å²) in [6, 6.07) is 1.78. The van der Waals surface area contributed by atoms with E-state index in [-0.39, 0.29) is 0 Å². The van der Waals surface area contributed by atoms with E-state index in [2.05, 4.69) is 20.5 Å². The maximum Gasteiger partial charge on any atom is 0.239 e. The van der Waals surface area contributed by atoms with Gasteiger partial charge in [-0.05, 0) is 6.92 Å². The number of aromatic nitrogens is 4. The summed E-state index contributed by atoms with van der Waals surface area (Å²) in [5, 5.41) is 4.58. The summed E-state index contributed by atoms with van der Waals surface area (Å²) in [6.45, 7) is 1.84. The van der Waals surface area contributed by atoms with Gasteiger partial charge >= 0.3 is 0 Å². The molecule has 78 valence electrons. The Morgan fingerprint density at radius 2 is 2.27 bits per heavy atom. The van der Waals surface area contributed by atoms with E-state index in [0.717, 1.165) is 5.69 Å². The van der Waals surface area contributed by atoms with Crippen LogP contribution in [0.1, 0.15) is 5.69 Å². The van der Waals surface area contributed by atoms with Crippen LogP contribution in [0.5, 0.6) is 0 Å². The second kappa shape index (κ2) is 3.84. The first-order valence-corrected chi connectivity index (χ1v) is 4.59. The molecular weight excluding hydrogens is 216 g/mol. The van der Waals surface area contributed by atoms with Crippen LogP contribution in [0.3, 0.4) is 0 Å². The number of hydrazine groups is 1. The largest absolute Gasteiger partial charge is 0.292 e. The molecule has 0 radical (unpaired) electrons. The molecule has 2 rings (SSSR count). The lowest BCUT2D eigenvalue weighted by molar-refractivity contribution is 0.835. The van der Waals surface area contributed by atoms with Crippen molar-refractivity contribution >= 4 is 17.5 Å². The number of nitrogens with zero attached hydrogens (tertiary/aromatic N) is 4. The van der Waals surface area contributed by atoms with E-state index in [4.69, 9.17) is 17.4 Å². The molecule has 0 aliphatic carbocycles. The van der Waals surface area contributed by atoms with Crippen LogP contribution in [-0.2, 0) is 0 Å². The van der Waals surface area contributed by atoms with E-state index in [0.29, 0.717) is 16.8 Å². The van der Waals surface area contributed by atoms with Crippen LogP contribution < -0.4 is 11.3 Å². The zero-order valence-electron chi connectivity index (χ0n) is 7.98. The van der Waals surface area contributed by atoms with Crippen LogP contribution in [-0.4, -0.2) is 19.7 Å². The van der Waals surface area contributed by atoms with Crippen molar-refractivity contribution in [2.45, 2.75) is 6.92 Å². The van der Waals surface area contributed by atoms with Gasteiger partial charge in [0.2, 0.25) is 5.95 Å². The minimum absolute atomic E-state index is 0.344. The molecule has 6 nitrogen and oxygen atoms in total. The molecule has 0 spiro atoms. The van der Waals surface area contributed by atoms with Crippen molar-refractivity contribution in [1.29, 1.82) is 0 Å². The van der Waals surface area contributed by atoms with Crippen molar-refractivity contribution in [2.24, 2.45) is 5.84 Å². The van der Waals surface area contributed by atoms with E-state index < -0.39 is 0 Å². The third-order valence-electron chi connectivity index (χ3n) is 1.76. The van der Waals surface area contributed by atoms with Crippen LogP contribution in [0, 0.1) is 6.92 Å². The smallest absolute Gasteiger partial charge is 0.239 e. The number of nitrogens with one attached hydrogen (secondary N) is 1. The fraction of sp³-hybridized carbons (Fsp3) is 0.125. The van der Waals surface area contributed by atoms with Crippen molar-refractivity contribution in [1.82, 2.24) is 19.7 Å². The number of rotatable bonds is 2. The Hall–Kier alpha value is -1.66. The third kappa shape index (κ3) is 2.05. The van der Waals surface area contributed by atoms with Crippen molar-refractivity contribution in [3.63, 3.8) is 0 Å². The maximum atomic E-state index is 5.76. The van der Waals surface area contributed by atoms with E-state index in [9.17, 15) is 0 Å². The molecule has 2 aromatic rings. The van der Waals surface area contributed by atoms with Crippen LogP contribution in [0.2, 0.25) is 5.02 Å². The van der Waals surface area contributed by atoms with Crippen LogP contribution >= 0.6 is 11.6 Å². The number of nitrogen functional groups attached to an aromatic ring is 1. The summed E-state index contributed by atoms with van der Waals surface area (Å²) < 4.78 is 1.55. The van der Waals surface area contributed by atoms with Crippen molar-refractivity contribution < 1.29 is 0 Å². The van der Waals surface area contributed by atoms with Crippen LogP contribution in [0.15, 0.2) is 18.5 Å². The van der Waals surface area contributed by atoms with Gasteiger partial charge in [-0.15, -0.1) is 0 Å². The average Bonchev–Trinajstić information content (AvgIpc) is 2.64. The van der Waals surface area contributed by atoms with Gasteiger partial charge in [-0.25, -0.2) is 15.5 Å². The molecule has 2 aromatic heterocycles. The Morgan fingerprint density at radius 3 is 2.87 bits per heavy atom. The Morgan fingerprint density at radius 1 is 1.47 bits per heavy atom. The topological polar surface area (TPSA) is 81.7 Å². The Balaban J connectivity index is 2.48. The summed E-state index contributed by atoms with van der Waals surface area (Å²) >= 11 is 5.76. The van der Waals surface area contributed by atoms with Crippen molar-refractivity contribution in [2.75, 3.05) is 5.43 Å². The van der Waals surface area contributed by atoms with Gasteiger partial charge in [-0.1, -0.05) is 11.6 Å². The normalized spacial score (nSPS) is 10.3. The molecule has 0 atom stereocenters. The molecule has 0 fully saturated rings. The number of halogens is 1. The molecule has 3 N–H and O–H groups in total. The summed E-state index contributed by atoms with van der Waals surface area (Å²) in [4.78, 5) is 8.19. The van der Waals surface area contributed by atoms with Gasteiger partial charge in [-0.2, -0.15) is 10.1 Å². The summed E-state index contributed by atoms with van der Waals surface area (Å²) in [7, 11) is 0. The number of hydrogen-bond donors (Lipinski definition) is 2. The summed E-state index contributed by atoms with van der Waals surface area (Å²) in [5.41, 5.74) is 3.18. The highest BCUT2D eigenvalue weighted by Gasteiger charge is 2.04. The second-order valence-corrected chi connectivity index (χ2v) is 3.38. The quantitative estimate of drug-likeness (QED) is 0.585. The first-order chi connectivity index (χ1) is 7.19. The van der Waals surface area contributed by atoms with Crippen LogP contribution in [0.25, 0.3) is 5.82 Å². The molecule has 0 aromatic carbocycles. The molecule has 0 saturated carbocycles. The zero-order chi connectivity index (χ0) is 10.8. The van der Waals surface area contributed by atoms with Crippen LogP contribution in [0.4, 0.5) is 5.95 Å². The van der Waals surface area contributed by atoms with E-state index in [1.54, 1.807) is 16.9 Å². The molecule has 0 aliphatic heterocycles. The van der Waals surface area contributed by atoms with E-state index in [1.807, 2.05) is 6.92 Å². The van der Waals surface area contributed by atoms with Crippen molar-refractivity contribution in [3.8, 4) is 5.82 Å². The van der Waals surface area contributed by atoms with Gasteiger partial charge < -0.3 is 0 Å². The van der Waals surface area contributed by atoms with Gasteiger partial charge in [-0.3, -0.25) is 5.43 Å². The lowest BCUT2D eigenvalue weighted by Gasteiger charge is -2.04. The minimum Gasteiger partial charge on any atom is -0.292 e. The molecule has 7 heteroatoms. The van der Waals surface area contributed by atoms with E-state index >= 15 is 0 Å². The highest BCUT2D eigenvalue weighted by atomic mass is 35.5. The predicted octanol–water partition coefficient (Wildman–Crippen LogP) is 0.910. The van der Waals surface area contributed by atoms with Gasteiger partial charge in [0.05, 0.1) is 17.4 Å². The number of anilines is 1. The number of aryl methyl sites for hydroxylation is 1. The molecule has 0 saturated heterocycles. The Labute approximate surface area is 91.1 Å². The maximum absolute atomic E-state index is 5.76. The molecule has 15 heavy (non-hydrogen) atoms. The monoisotopic (exact) mass is 224 g/mol. The highest BCUT2D eigenvalue weighted by Crippen LogP contribution is 2.11. The molecule has 2 heterocycles. The Bertz CT molecular complexity index is 480. The number of nitrogens with two attached hydrogens (primary N) is 1. The predicted molar refractivity (Wildman–Crippen MR) is 56.7 cm³/mol. The number of hydrogen-bond acceptors (Lipinski definition) is 5. The SMILES string of the molecule is Cc1cc(-n2cc(Cl)cn2)nc(NN)n1. The van der Waals surface area contributed by atoms with Gasteiger partial charge in [0.25, 0.3) is 0 Å². The average molecular weight is 225 g/mol.